The predicted octanol–water partition coefficient (Wildman–Crippen LogP) is 4.49. The van der Waals surface area contributed by atoms with Crippen LogP contribution in [0.3, 0.4) is 0 Å². The molecule has 0 heterocycles. The van der Waals surface area contributed by atoms with Crippen molar-refractivity contribution in [2.45, 2.75) is 59.9 Å². The zero-order valence-corrected chi connectivity index (χ0v) is 13.9. The van der Waals surface area contributed by atoms with Crippen LogP contribution in [0.15, 0.2) is 18.2 Å². The van der Waals surface area contributed by atoms with Gasteiger partial charge in [0.1, 0.15) is 0 Å². The van der Waals surface area contributed by atoms with Gasteiger partial charge in [0, 0.05) is 23.0 Å². The van der Waals surface area contributed by atoms with Gasteiger partial charge in [0.05, 0.1) is 0 Å². The number of ketones is 1. The van der Waals surface area contributed by atoms with Crippen LogP contribution in [0.1, 0.15) is 64.2 Å². The standard InChI is InChI=1S/C18H28N2O/c1-12(21)15-7-6-13(8-16(15)19)20-14-9-17(2,3)11-18(4,5)10-14/h6-8,14,20H,9-11,19H2,1-5H3. The predicted molar refractivity (Wildman–Crippen MR) is 89.7 cm³/mol. The summed E-state index contributed by atoms with van der Waals surface area (Å²) in [6.45, 7) is 10.9. The zero-order chi connectivity index (χ0) is 15.8. The molecule has 0 atom stereocenters. The van der Waals surface area contributed by atoms with Crippen LogP contribution < -0.4 is 11.1 Å². The SMILES string of the molecule is CC(=O)c1ccc(NC2CC(C)(C)CC(C)(C)C2)cc1N. The quantitative estimate of drug-likeness (QED) is 0.636. The average molecular weight is 288 g/mol. The van der Waals surface area contributed by atoms with Crippen molar-refractivity contribution in [1.82, 2.24) is 0 Å². The smallest absolute Gasteiger partial charge is 0.161 e. The highest BCUT2D eigenvalue weighted by molar-refractivity contribution is 5.99. The Hall–Kier alpha value is -1.51. The molecule has 0 aliphatic heterocycles. The Morgan fingerprint density at radius 2 is 1.76 bits per heavy atom. The normalized spacial score (nSPS) is 21.0. The van der Waals surface area contributed by atoms with E-state index >= 15 is 0 Å². The lowest BCUT2D eigenvalue weighted by Crippen LogP contribution is -2.40. The first kappa shape index (κ1) is 15.9. The van der Waals surface area contributed by atoms with Crippen molar-refractivity contribution in [1.29, 1.82) is 0 Å². The minimum Gasteiger partial charge on any atom is -0.398 e. The maximum absolute atomic E-state index is 11.4. The lowest BCUT2D eigenvalue weighted by molar-refractivity contribution is 0.101. The summed E-state index contributed by atoms with van der Waals surface area (Å²) < 4.78 is 0. The molecule has 1 aliphatic carbocycles. The molecule has 1 fully saturated rings. The zero-order valence-electron chi connectivity index (χ0n) is 13.9. The Morgan fingerprint density at radius 1 is 1.19 bits per heavy atom. The Balaban J connectivity index is 2.14. The first-order chi connectivity index (χ1) is 9.58. The number of hydrogen-bond donors (Lipinski definition) is 2. The van der Waals surface area contributed by atoms with Crippen LogP contribution in [0.2, 0.25) is 0 Å². The van der Waals surface area contributed by atoms with Gasteiger partial charge in [-0.2, -0.15) is 0 Å². The second kappa shape index (κ2) is 5.36. The number of carbonyl (C=O) groups excluding carboxylic acids is 1. The largest absolute Gasteiger partial charge is 0.398 e. The molecule has 1 aromatic rings. The minimum absolute atomic E-state index is 0.0129. The van der Waals surface area contributed by atoms with Crippen molar-refractivity contribution in [3.05, 3.63) is 23.8 Å². The molecule has 0 radical (unpaired) electrons. The Kier molecular flexibility index (Phi) is 4.05. The first-order valence-electron chi connectivity index (χ1n) is 7.75. The molecule has 0 bridgehead atoms. The third kappa shape index (κ3) is 3.99. The van der Waals surface area contributed by atoms with Crippen LogP contribution in [0.25, 0.3) is 0 Å². The van der Waals surface area contributed by atoms with Crippen molar-refractivity contribution in [2.24, 2.45) is 10.8 Å². The van der Waals surface area contributed by atoms with Crippen LogP contribution >= 0.6 is 0 Å². The van der Waals surface area contributed by atoms with Gasteiger partial charge in [0.25, 0.3) is 0 Å². The molecular formula is C18H28N2O. The van der Waals surface area contributed by atoms with Gasteiger partial charge in [-0.1, -0.05) is 27.7 Å². The van der Waals surface area contributed by atoms with Gasteiger partial charge in [-0.05, 0) is 55.2 Å². The highest BCUT2D eigenvalue weighted by Crippen LogP contribution is 2.46. The fraction of sp³-hybridized carbons (Fsp3) is 0.611. The number of hydrogen-bond acceptors (Lipinski definition) is 3. The lowest BCUT2D eigenvalue weighted by Gasteiger charge is -2.45. The number of nitrogen functional groups attached to an aromatic ring is 1. The Bertz CT molecular complexity index is 530. The van der Waals surface area contributed by atoms with Crippen LogP contribution in [-0.2, 0) is 0 Å². The number of rotatable bonds is 3. The summed E-state index contributed by atoms with van der Waals surface area (Å²) in [5, 5.41) is 3.61. The Morgan fingerprint density at radius 3 is 2.24 bits per heavy atom. The average Bonchev–Trinajstić information content (AvgIpc) is 2.23. The van der Waals surface area contributed by atoms with Crippen LogP contribution in [-0.4, -0.2) is 11.8 Å². The third-order valence-electron chi connectivity index (χ3n) is 4.36. The van der Waals surface area contributed by atoms with E-state index in [2.05, 4.69) is 33.0 Å². The summed E-state index contributed by atoms with van der Waals surface area (Å²) in [7, 11) is 0. The van der Waals surface area contributed by atoms with E-state index in [1.54, 1.807) is 6.92 Å². The van der Waals surface area contributed by atoms with Gasteiger partial charge in [-0.25, -0.2) is 0 Å². The van der Waals surface area contributed by atoms with Crippen molar-refractivity contribution in [2.75, 3.05) is 11.1 Å². The monoisotopic (exact) mass is 288 g/mol. The van der Waals surface area contributed by atoms with Gasteiger partial charge in [-0.3, -0.25) is 4.79 Å². The van der Waals surface area contributed by atoms with Gasteiger partial charge in [0.15, 0.2) is 5.78 Å². The van der Waals surface area contributed by atoms with Crippen molar-refractivity contribution in [3.8, 4) is 0 Å². The molecule has 1 aliphatic rings. The molecule has 116 valence electrons. The van der Waals surface area contributed by atoms with Crippen molar-refractivity contribution >= 4 is 17.2 Å². The summed E-state index contributed by atoms with van der Waals surface area (Å²) in [5.74, 6) is 0.0129. The van der Waals surface area contributed by atoms with E-state index in [4.69, 9.17) is 5.73 Å². The van der Waals surface area contributed by atoms with E-state index in [-0.39, 0.29) is 5.78 Å². The van der Waals surface area contributed by atoms with E-state index in [0.717, 1.165) is 18.5 Å². The molecule has 3 N–H and O–H groups in total. The molecule has 0 saturated heterocycles. The van der Waals surface area contributed by atoms with Gasteiger partial charge in [-0.15, -0.1) is 0 Å². The number of carbonyl (C=O) groups is 1. The first-order valence-corrected chi connectivity index (χ1v) is 7.75. The maximum atomic E-state index is 11.4. The molecule has 3 nitrogen and oxygen atoms in total. The van der Waals surface area contributed by atoms with Crippen LogP contribution in [0.4, 0.5) is 11.4 Å². The lowest BCUT2D eigenvalue weighted by atomic mass is 9.63. The molecule has 0 amide bonds. The topological polar surface area (TPSA) is 55.1 Å². The number of anilines is 2. The molecule has 0 spiro atoms. The number of benzene rings is 1. The van der Waals surface area contributed by atoms with E-state index in [1.165, 1.54) is 6.42 Å². The summed E-state index contributed by atoms with van der Waals surface area (Å²) in [6.07, 6.45) is 3.57. The third-order valence-corrected chi connectivity index (χ3v) is 4.36. The summed E-state index contributed by atoms with van der Waals surface area (Å²) in [6, 6.07) is 6.11. The number of nitrogens with one attached hydrogen (secondary N) is 1. The van der Waals surface area contributed by atoms with Gasteiger partial charge >= 0.3 is 0 Å². The van der Waals surface area contributed by atoms with E-state index in [0.29, 0.717) is 28.1 Å². The second-order valence-corrected chi connectivity index (χ2v) is 8.11. The van der Waals surface area contributed by atoms with Gasteiger partial charge < -0.3 is 11.1 Å². The van der Waals surface area contributed by atoms with Crippen LogP contribution in [0, 0.1) is 10.8 Å². The molecule has 0 unspecified atom stereocenters. The molecule has 0 aromatic heterocycles. The minimum atomic E-state index is 0.0129. The van der Waals surface area contributed by atoms with Crippen molar-refractivity contribution in [3.63, 3.8) is 0 Å². The Labute approximate surface area is 128 Å². The van der Waals surface area contributed by atoms with Crippen molar-refractivity contribution < 1.29 is 4.79 Å². The fourth-order valence-electron chi connectivity index (χ4n) is 4.16. The van der Waals surface area contributed by atoms with E-state index in [9.17, 15) is 4.79 Å². The van der Waals surface area contributed by atoms with Gasteiger partial charge in [0.2, 0.25) is 0 Å². The summed E-state index contributed by atoms with van der Waals surface area (Å²) in [4.78, 5) is 11.4. The molecule has 1 aromatic carbocycles. The van der Waals surface area contributed by atoms with Crippen LogP contribution in [0.5, 0.6) is 0 Å². The second-order valence-electron chi connectivity index (χ2n) is 8.11. The fourth-order valence-corrected chi connectivity index (χ4v) is 4.16. The molecule has 2 rings (SSSR count). The summed E-state index contributed by atoms with van der Waals surface area (Å²) >= 11 is 0. The molecule has 3 heteroatoms. The highest BCUT2D eigenvalue weighted by atomic mass is 16.1. The maximum Gasteiger partial charge on any atom is 0.161 e. The summed E-state index contributed by atoms with van der Waals surface area (Å²) in [5.41, 5.74) is 8.85. The molecule has 21 heavy (non-hydrogen) atoms. The molecular weight excluding hydrogens is 260 g/mol. The number of nitrogens with two attached hydrogens (primary N) is 1. The van der Waals surface area contributed by atoms with E-state index in [1.807, 2.05) is 18.2 Å². The van der Waals surface area contributed by atoms with E-state index < -0.39 is 0 Å². The highest BCUT2D eigenvalue weighted by Gasteiger charge is 2.38. The number of Topliss-reactive ketones (excluding diaryl/α,β-unsaturated/α-hetero) is 1. The molecule has 1 saturated carbocycles.